The summed E-state index contributed by atoms with van der Waals surface area (Å²) < 4.78 is 2.34. The predicted octanol–water partition coefficient (Wildman–Crippen LogP) is 3.04. The van der Waals surface area contributed by atoms with Crippen molar-refractivity contribution in [3.8, 4) is 0 Å². The van der Waals surface area contributed by atoms with Crippen molar-refractivity contribution in [2.75, 3.05) is 23.7 Å². The van der Waals surface area contributed by atoms with Crippen LogP contribution >= 0.6 is 0 Å². The Hall–Kier alpha value is -2.04. The van der Waals surface area contributed by atoms with Crippen LogP contribution in [0, 0.1) is 0 Å². The third kappa shape index (κ3) is 3.24. The average molecular weight is 299 g/mol. The van der Waals surface area contributed by atoms with Crippen LogP contribution in [0.5, 0.6) is 0 Å². The van der Waals surface area contributed by atoms with E-state index in [1.165, 1.54) is 24.4 Å². The van der Waals surface area contributed by atoms with E-state index in [9.17, 15) is 0 Å². The molecule has 1 aliphatic rings. The maximum atomic E-state index is 5.78. The first-order valence-electron chi connectivity index (χ1n) is 8.25. The van der Waals surface area contributed by atoms with Gasteiger partial charge in [-0.25, -0.2) is 9.97 Å². The average Bonchev–Trinajstić information content (AvgIpc) is 3.01. The van der Waals surface area contributed by atoms with Gasteiger partial charge in [-0.2, -0.15) is 0 Å². The highest BCUT2D eigenvalue weighted by Gasteiger charge is 2.24. The van der Waals surface area contributed by atoms with Crippen LogP contribution in [-0.4, -0.2) is 27.6 Å². The molecule has 0 aromatic carbocycles. The number of imidazole rings is 1. The quantitative estimate of drug-likeness (QED) is 0.922. The summed E-state index contributed by atoms with van der Waals surface area (Å²) in [6, 6.07) is 4.00. The summed E-state index contributed by atoms with van der Waals surface area (Å²) in [5, 5.41) is 0. The van der Waals surface area contributed by atoms with Crippen molar-refractivity contribution in [3.63, 3.8) is 0 Å². The molecule has 0 unspecified atom stereocenters. The van der Waals surface area contributed by atoms with Crippen molar-refractivity contribution in [1.29, 1.82) is 0 Å². The summed E-state index contributed by atoms with van der Waals surface area (Å²) >= 11 is 0. The lowest BCUT2D eigenvalue weighted by molar-refractivity contribution is 0.460. The molecule has 5 nitrogen and oxygen atoms in total. The van der Waals surface area contributed by atoms with E-state index in [4.69, 9.17) is 5.73 Å². The smallest absolute Gasteiger partial charge is 0.125 e. The number of hydrogen-bond acceptors (Lipinski definition) is 4. The molecular formula is C17H25N5. The zero-order valence-electron chi connectivity index (χ0n) is 13.3. The SMILES string of the molecule is CCCCn1ccnc1C1CCN(c2ccnc(N)c2)CC1. The summed E-state index contributed by atoms with van der Waals surface area (Å²) in [5.74, 6) is 2.43. The van der Waals surface area contributed by atoms with Crippen LogP contribution in [0.3, 0.4) is 0 Å². The van der Waals surface area contributed by atoms with E-state index in [1.54, 1.807) is 6.20 Å². The van der Waals surface area contributed by atoms with Gasteiger partial charge in [0.05, 0.1) is 0 Å². The predicted molar refractivity (Wildman–Crippen MR) is 90.0 cm³/mol. The maximum absolute atomic E-state index is 5.78. The Bertz CT molecular complexity index is 599. The minimum Gasteiger partial charge on any atom is -0.384 e. The molecular weight excluding hydrogens is 274 g/mol. The fraction of sp³-hybridized carbons (Fsp3) is 0.529. The van der Waals surface area contributed by atoms with Crippen molar-refractivity contribution in [3.05, 3.63) is 36.5 Å². The summed E-state index contributed by atoms with van der Waals surface area (Å²) in [6.45, 7) is 5.42. The van der Waals surface area contributed by atoms with Gasteiger partial charge in [-0.05, 0) is 25.3 Å². The Morgan fingerprint density at radius 1 is 1.23 bits per heavy atom. The number of pyridine rings is 1. The maximum Gasteiger partial charge on any atom is 0.125 e. The summed E-state index contributed by atoms with van der Waals surface area (Å²) in [4.78, 5) is 11.1. The normalized spacial score (nSPS) is 16.1. The van der Waals surface area contributed by atoms with E-state index >= 15 is 0 Å². The molecule has 118 valence electrons. The van der Waals surface area contributed by atoms with Gasteiger partial charge in [0.15, 0.2) is 0 Å². The van der Waals surface area contributed by atoms with E-state index < -0.39 is 0 Å². The fourth-order valence-electron chi connectivity index (χ4n) is 3.23. The Kier molecular flexibility index (Phi) is 4.61. The largest absolute Gasteiger partial charge is 0.384 e. The first kappa shape index (κ1) is 14.9. The van der Waals surface area contributed by atoms with Crippen molar-refractivity contribution in [2.45, 2.75) is 45.1 Å². The number of piperidine rings is 1. The van der Waals surface area contributed by atoms with Gasteiger partial charge < -0.3 is 15.2 Å². The van der Waals surface area contributed by atoms with Crippen molar-refractivity contribution >= 4 is 11.5 Å². The van der Waals surface area contributed by atoms with Crippen molar-refractivity contribution < 1.29 is 0 Å². The Labute approximate surface area is 132 Å². The van der Waals surface area contributed by atoms with Gasteiger partial charge in [-0.3, -0.25) is 0 Å². The second-order valence-corrected chi connectivity index (χ2v) is 6.03. The lowest BCUT2D eigenvalue weighted by atomic mass is 9.95. The minimum absolute atomic E-state index is 0.572. The number of aryl methyl sites for hydroxylation is 1. The van der Waals surface area contributed by atoms with E-state index in [0.29, 0.717) is 11.7 Å². The van der Waals surface area contributed by atoms with Gasteiger partial charge in [0.1, 0.15) is 11.6 Å². The molecule has 2 aromatic rings. The monoisotopic (exact) mass is 299 g/mol. The molecule has 5 heteroatoms. The van der Waals surface area contributed by atoms with Crippen molar-refractivity contribution in [2.24, 2.45) is 0 Å². The fourth-order valence-corrected chi connectivity index (χ4v) is 3.23. The molecule has 2 aromatic heterocycles. The molecule has 0 amide bonds. The number of nitrogen functional groups attached to an aromatic ring is 1. The molecule has 0 bridgehead atoms. The second-order valence-electron chi connectivity index (χ2n) is 6.03. The molecule has 1 saturated heterocycles. The van der Waals surface area contributed by atoms with Crippen LogP contribution in [-0.2, 0) is 6.54 Å². The summed E-state index contributed by atoms with van der Waals surface area (Å²) in [6.07, 6.45) is 10.6. The van der Waals surface area contributed by atoms with E-state index in [1.807, 2.05) is 18.3 Å². The van der Waals surface area contributed by atoms with Crippen molar-refractivity contribution in [1.82, 2.24) is 14.5 Å². The molecule has 3 rings (SSSR count). The van der Waals surface area contributed by atoms with Crippen LogP contribution in [0.15, 0.2) is 30.7 Å². The van der Waals surface area contributed by atoms with Crippen LogP contribution in [0.25, 0.3) is 0 Å². The molecule has 22 heavy (non-hydrogen) atoms. The standard InChI is InChI=1S/C17H25N5/c1-2-3-9-22-12-8-20-17(22)14-5-10-21(11-6-14)15-4-7-19-16(18)13-15/h4,7-8,12-14H,2-3,5-6,9-11H2,1H3,(H2,18,19). The minimum atomic E-state index is 0.572. The summed E-state index contributed by atoms with van der Waals surface area (Å²) in [5.41, 5.74) is 6.97. The number of nitrogens with zero attached hydrogens (tertiary/aromatic N) is 4. The van der Waals surface area contributed by atoms with Crippen LogP contribution < -0.4 is 10.6 Å². The number of rotatable bonds is 5. The molecule has 0 aliphatic carbocycles. The highest BCUT2D eigenvalue weighted by molar-refractivity contribution is 5.52. The molecule has 0 radical (unpaired) electrons. The molecule has 0 spiro atoms. The first-order chi connectivity index (χ1) is 10.8. The number of unbranched alkanes of at least 4 members (excludes halogenated alkanes) is 1. The first-order valence-corrected chi connectivity index (χ1v) is 8.25. The van der Waals surface area contributed by atoms with Gasteiger partial charge in [-0.1, -0.05) is 13.3 Å². The Morgan fingerprint density at radius 3 is 2.77 bits per heavy atom. The Morgan fingerprint density at radius 2 is 2.05 bits per heavy atom. The molecule has 0 saturated carbocycles. The van der Waals surface area contributed by atoms with Crippen LogP contribution in [0.2, 0.25) is 0 Å². The van der Waals surface area contributed by atoms with E-state index in [-0.39, 0.29) is 0 Å². The van der Waals surface area contributed by atoms with Gasteiger partial charge in [-0.15, -0.1) is 0 Å². The zero-order valence-corrected chi connectivity index (χ0v) is 13.3. The lowest BCUT2D eigenvalue weighted by Crippen LogP contribution is -2.33. The highest BCUT2D eigenvalue weighted by atomic mass is 15.1. The van der Waals surface area contributed by atoms with Gasteiger partial charge in [0.25, 0.3) is 0 Å². The third-order valence-electron chi connectivity index (χ3n) is 4.49. The van der Waals surface area contributed by atoms with E-state index in [2.05, 4.69) is 32.6 Å². The van der Waals surface area contributed by atoms with Gasteiger partial charge in [0.2, 0.25) is 0 Å². The molecule has 1 fully saturated rings. The van der Waals surface area contributed by atoms with Crippen LogP contribution in [0.1, 0.15) is 44.3 Å². The molecule has 0 atom stereocenters. The number of nitrogens with two attached hydrogens (primary N) is 1. The number of anilines is 2. The highest BCUT2D eigenvalue weighted by Crippen LogP contribution is 2.30. The summed E-state index contributed by atoms with van der Waals surface area (Å²) in [7, 11) is 0. The molecule has 1 aliphatic heterocycles. The Balaban J connectivity index is 1.63. The molecule has 2 N–H and O–H groups in total. The second kappa shape index (κ2) is 6.81. The topological polar surface area (TPSA) is 60.0 Å². The number of hydrogen-bond donors (Lipinski definition) is 1. The number of aromatic nitrogens is 3. The zero-order chi connectivity index (χ0) is 15.4. The molecule has 3 heterocycles. The van der Waals surface area contributed by atoms with Gasteiger partial charge >= 0.3 is 0 Å². The lowest BCUT2D eigenvalue weighted by Gasteiger charge is -2.33. The third-order valence-corrected chi connectivity index (χ3v) is 4.49. The van der Waals surface area contributed by atoms with Crippen LogP contribution in [0.4, 0.5) is 11.5 Å². The van der Waals surface area contributed by atoms with Gasteiger partial charge in [0, 0.05) is 55.9 Å². The van der Waals surface area contributed by atoms with E-state index in [0.717, 1.165) is 32.5 Å².